The van der Waals surface area contributed by atoms with Crippen LogP contribution >= 0.6 is 35.0 Å². The number of halogens is 2. The number of carbonyl (C=O) groups excluding carboxylic acids is 1. The molecule has 1 aromatic rings. The molecule has 2 aliphatic rings. The quantitative estimate of drug-likeness (QED) is 0.805. The lowest BCUT2D eigenvalue weighted by molar-refractivity contribution is -0.115. The van der Waals surface area contributed by atoms with Gasteiger partial charge in [0.05, 0.1) is 10.9 Å². The summed E-state index contributed by atoms with van der Waals surface area (Å²) in [6, 6.07) is 5.58. The second kappa shape index (κ2) is 6.42. The molecule has 1 amide bonds. The van der Waals surface area contributed by atoms with Gasteiger partial charge < -0.3 is 5.32 Å². The lowest BCUT2D eigenvalue weighted by Gasteiger charge is -2.02. The SMILES string of the molecule is O=C1NC(=NC2CCCC2)S/C1=C\c1ccc(Cl)cc1Cl. The summed E-state index contributed by atoms with van der Waals surface area (Å²) in [6.07, 6.45) is 6.45. The van der Waals surface area contributed by atoms with E-state index in [2.05, 4.69) is 10.3 Å². The minimum absolute atomic E-state index is 0.122. The first kappa shape index (κ1) is 14.9. The number of amides is 1. The minimum atomic E-state index is -0.122. The summed E-state index contributed by atoms with van der Waals surface area (Å²) in [5.41, 5.74) is 0.779. The molecule has 110 valence electrons. The van der Waals surface area contributed by atoms with Crippen molar-refractivity contribution in [2.75, 3.05) is 0 Å². The molecule has 6 heteroatoms. The summed E-state index contributed by atoms with van der Waals surface area (Å²) in [4.78, 5) is 17.2. The maximum Gasteiger partial charge on any atom is 0.264 e. The Bertz CT molecular complexity index is 637. The zero-order valence-corrected chi connectivity index (χ0v) is 13.6. The summed E-state index contributed by atoms with van der Waals surface area (Å²) in [5, 5.41) is 4.63. The number of aliphatic imine (C=N–C) groups is 1. The molecule has 0 radical (unpaired) electrons. The number of carbonyl (C=O) groups is 1. The van der Waals surface area contributed by atoms with Crippen LogP contribution in [0.2, 0.25) is 10.0 Å². The van der Waals surface area contributed by atoms with E-state index in [0.717, 1.165) is 18.4 Å². The highest BCUT2D eigenvalue weighted by atomic mass is 35.5. The molecule has 3 nitrogen and oxygen atoms in total. The number of thioether (sulfide) groups is 1. The minimum Gasteiger partial charge on any atom is -0.301 e. The topological polar surface area (TPSA) is 41.5 Å². The number of hydrogen-bond donors (Lipinski definition) is 1. The van der Waals surface area contributed by atoms with E-state index in [1.54, 1.807) is 24.3 Å². The van der Waals surface area contributed by atoms with Gasteiger partial charge in [-0.2, -0.15) is 0 Å². The fourth-order valence-electron chi connectivity index (χ4n) is 2.45. The molecule has 1 heterocycles. The van der Waals surface area contributed by atoms with Gasteiger partial charge in [0, 0.05) is 10.0 Å². The first-order valence-corrected chi connectivity index (χ1v) is 8.43. The summed E-state index contributed by atoms with van der Waals surface area (Å²) < 4.78 is 0. The molecular weight excluding hydrogens is 327 g/mol. The molecule has 21 heavy (non-hydrogen) atoms. The maximum atomic E-state index is 12.0. The van der Waals surface area contributed by atoms with E-state index in [9.17, 15) is 4.79 Å². The molecular formula is C15H14Cl2N2OS. The Hall–Kier alpha value is -0.970. The van der Waals surface area contributed by atoms with Crippen LogP contribution < -0.4 is 5.32 Å². The van der Waals surface area contributed by atoms with Crippen molar-refractivity contribution in [2.24, 2.45) is 4.99 Å². The van der Waals surface area contributed by atoms with Crippen molar-refractivity contribution in [1.82, 2.24) is 5.32 Å². The highest BCUT2D eigenvalue weighted by Crippen LogP contribution is 2.31. The van der Waals surface area contributed by atoms with Crippen LogP contribution in [-0.4, -0.2) is 17.1 Å². The van der Waals surface area contributed by atoms with E-state index in [1.165, 1.54) is 24.6 Å². The zero-order valence-electron chi connectivity index (χ0n) is 11.2. The number of benzene rings is 1. The van der Waals surface area contributed by atoms with Gasteiger partial charge in [0.15, 0.2) is 5.17 Å². The lowest BCUT2D eigenvalue weighted by atomic mass is 10.2. The van der Waals surface area contributed by atoms with Gasteiger partial charge in [-0.05, 0) is 48.4 Å². The van der Waals surface area contributed by atoms with Crippen LogP contribution in [0.1, 0.15) is 31.2 Å². The molecule has 3 rings (SSSR count). The fourth-order valence-corrected chi connectivity index (χ4v) is 3.79. The third-order valence-corrected chi connectivity index (χ3v) is 5.01. The predicted octanol–water partition coefficient (Wildman–Crippen LogP) is 4.50. The third kappa shape index (κ3) is 3.62. The van der Waals surface area contributed by atoms with Crippen molar-refractivity contribution < 1.29 is 4.79 Å². The van der Waals surface area contributed by atoms with Crippen molar-refractivity contribution in [3.05, 3.63) is 38.7 Å². The Morgan fingerprint density at radius 3 is 2.76 bits per heavy atom. The van der Waals surface area contributed by atoms with Crippen LogP contribution in [-0.2, 0) is 4.79 Å². The van der Waals surface area contributed by atoms with E-state index in [1.807, 2.05) is 0 Å². The zero-order chi connectivity index (χ0) is 14.8. The summed E-state index contributed by atoms with van der Waals surface area (Å²) in [5.74, 6) is -0.122. The van der Waals surface area contributed by atoms with Gasteiger partial charge in [0.25, 0.3) is 5.91 Å². The number of nitrogens with zero attached hydrogens (tertiary/aromatic N) is 1. The van der Waals surface area contributed by atoms with Crippen molar-refractivity contribution in [3.63, 3.8) is 0 Å². The lowest BCUT2D eigenvalue weighted by Crippen LogP contribution is -2.21. The highest BCUT2D eigenvalue weighted by Gasteiger charge is 2.25. The van der Waals surface area contributed by atoms with E-state index in [-0.39, 0.29) is 5.91 Å². The van der Waals surface area contributed by atoms with Crippen molar-refractivity contribution in [2.45, 2.75) is 31.7 Å². The van der Waals surface area contributed by atoms with Crippen LogP contribution in [0.5, 0.6) is 0 Å². The molecule has 0 aromatic heterocycles. The molecule has 0 atom stereocenters. The van der Waals surface area contributed by atoms with Gasteiger partial charge in [-0.1, -0.05) is 42.1 Å². The molecule has 2 fully saturated rings. The van der Waals surface area contributed by atoms with Crippen molar-refractivity contribution >= 4 is 52.1 Å². The number of hydrogen-bond acceptors (Lipinski definition) is 3. The predicted molar refractivity (Wildman–Crippen MR) is 89.9 cm³/mol. The second-order valence-corrected chi connectivity index (χ2v) is 6.98. The summed E-state index contributed by atoms with van der Waals surface area (Å²) >= 11 is 13.4. The molecule has 0 bridgehead atoms. The number of nitrogens with one attached hydrogen (secondary N) is 1. The smallest absolute Gasteiger partial charge is 0.264 e. The summed E-state index contributed by atoms with van der Waals surface area (Å²) in [7, 11) is 0. The van der Waals surface area contributed by atoms with Crippen LogP contribution in [0.4, 0.5) is 0 Å². The molecule has 1 saturated heterocycles. The molecule has 1 saturated carbocycles. The Balaban J connectivity index is 1.79. The molecule has 1 aromatic carbocycles. The molecule has 1 aliphatic carbocycles. The molecule has 0 unspecified atom stereocenters. The Morgan fingerprint density at radius 2 is 2.05 bits per heavy atom. The average molecular weight is 341 g/mol. The van der Waals surface area contributed by atoms with Crippen LogP contribution in [0.25, 0.3) is 6.08 Å². The van der Waals surface area contributed by atoms with Crippen LogP contribution in [0.15, 0.2) is 28.1 Å². The van der Waals surface area contributed by atoms with E-state index >= 15 is 0 Å². The average Bonchev–Trinajstić information content (AvgIpc) is 3.04. The Labute approximate surface area is 137 Å². The molecule has 1 aliphatic heterocycles. The number of rotatable bonds is 2. The maximum absolute atomic E-state index is 12.0. The first-order chi connectivity index (χ1) is 10.1. The normalized spacial score (nSPS) is 23.2. The van der Waals surface area contributed by atoms with E-state index in [0.29, 0.717) is 26.2 Å². The van der Waals surface area contributed by atoms with Gasteiger partial charge >= 0.3 is 0 Å². The van der Waals surface area contributed by atoms with Gasteiger partial charge in [0.1, 0.15) is 0 Å². The van der Waals surface area contributed by atoms with Gasteiger partial charge in [0.2, 0.25) is 0 Å². The Morgan fingerprint density at radius 1 is 1.29 bits per heavy atom. The molecule has 1 N–H and O–H groups in total. The van der Waals surface area contributed by atoms with E-state index < -0.39 is 0 Å². The monoisotopic (exact) mass is 340 g/mol. The standard InChI is InChI=1S/C15H14Cl2N2OS/c16-10-6-5-9(12(17)8-10)7-13-14(20)19-15(21-13)18-11-3-1-2-4-11/h5-8,11H,1-4H2,(H,18,19,20)/b13-7-. The summed E-state index contributed by atoms with van der Waals surface area (Å²) in [6.45, 7) is 0. The largest absolute Gasteiger partial charge is 0.301 e. The van der Waals surface area contributed by atoms with Gasteiger partial charge in [-0.15, -0.1) is 0 Å². The van der Waals surface area contributed by atoms with Crippen LogP contribution in [0, 0.1) is 0 Å². The number of amidine groups is 1. The second-order valence-electron chi connectivity index (χ2n) is 5.10. The third-order valence-electron chi connectivity index (χ3n) is 3.52. The first-order valence-electron chi connectivity index (χ1n) is 6.85. The van der Waals surface area contributed by atoms with E-state index in [4.69, 9.17) is 23.2 Å². The van der Waals surface area contributed by atoms with Gasteiger partial charge in [-0.25, -0.2) is 0 Å². The molecule has 0 spiro atoms. The van der Waals surface area contributed by atoms with Gasteiger partial charge in [-0.3, -0.25) is 9.79 Å². The van der Waals surface area contributed by atoms with Crippen LogP contribution in [0.3, 0.4) is 0 Å². The Kier molecular flexibility index (Phi) is 4.57. The fraction of sp³-hybridized carbons (Fsp3) is 0.333. The van der Waals surface area contributed by atoms with Crippen molar-refractivity contribution in [3.8, 4) is 0 Å². The van der Waals surface area contributed by atoms with Crippen molar-refractivity contribution in [1.29, 1.82) is 0 Å². The highest BCUT2D eigenvalue weighted by molar-refractivity contribution is 8.18.